The lowest BCUT2D eigenvalue weighted by atomic mass is 9.77. The number of hydrogen-bond donors (Lipinski definition) is 1. The lowest BCUT2D eigenvalue weighted by molar-refractivity contribution is -0.137. The fourth-order valence-electron chi connectivity index (χ4n) is 4.60. The van der Waals surface area contributed by atoms with E-state index >= 15 is 0 Å². The van der Waals surface area contributed by atoms with Gasteiger partial charge in [-0.1, -0.05) is 36.8 Å². The average Bonchev–Trinajstić information content (AvgIpc) is 2.82. The molecule has 5 rings (SSSR count). The van der Waals surface area contributed by atoms with Crippen molar-refractivity contribution in [3.05, 3.63) is 65.7 Å². The number of rotatable bonds is 6. The van der Waals surface area contributed by atoms with E-state index in [0.29, 0.717) is 17.3 Å². The maximum atomic E-state index is 13.9. The van der Waals surface area contributed by atoms with E-state index in [1.54, 1.807) is 12.1 Å². The smallest absolute Gasteiger partial charge is 0.357 e. The van der Waals surface area contributed by atoms with Crippen molar-refractivity contribution in [3.63, 3.8) is 0 Å². The van der Waals surface area contributed by atoms with Gasteiger partial charge in [0.05, 0.1) is 11.3 Å². The SMILES string of the molecule is FC(F)(F)c1ccc(NSc2cccc(N3CCCCC3)n2)nc1-c1ccccc1C1CCC1. The van der Waals surface area contributed by atoms with Crippen LogP contribution in [0.15, 0.2) is 59.6 Å². The Balaban J connectivity index is 1.41. The van der Waals surface area contributed by atoms with Crippen molar-refractivity contribution in [2.45, 2.75) is 55.6 Å². The van der Waals surface area contributed by atoms with Gasteiger partial charge < -0.3 is 9.62 Å². The Morgan fingerprint density at radius 3 is 2.38 bits per heavy atom. The molecule has 1 aromatic carbocycles. The van der Waals surface area contributed by atoms with Crippen LogP contribution in [0.3, 0.4) is 0 Å². The van der Waals surface area contributed by atoms with E-state index in [9.17, 15) is 13.2 Å². The number of piperidine rings is 1. The molecule has 0 spiro atoms. The van der Waals surface area contributed by atoms with Gasteiger partial charge in [0.1, 0.15) is 16.7 Å². The standard InChI is InChI=1S/C26H27F3N4S/c27-26(28,29)21-14-15-22(30-25(21)20-11-3-2-10-19(20)18-8-6-9-18)32-34-24-13-7-12-23(31-24)33-16-4-1-5-17-33/h2-3,7,10-15,18H,1,4-6,8-9,16-17H2,(H,30,32). The van der Waals surface area contributed by atoms with E-state index in [2.05, 4.69) is 14.6 Å². The number of benzene rings is 1. The Hall–Kier alpha value is -2.74. The first-order valence-electron chi connectivity index (χ1n) is 11.8. The van der Waals surface area contributed by atoms with Crippen LogP contribution in [0.2, 0.25) is 0 Å². The number of alkyl halides is 3. The molecule has 3 aromatic rings. The summed E-state index contributed by atoms with van der Waals surface area (Å²) in [5, 5.41) is 0.751. The van der Waals surface area contributed by atoms with Crippen LogP contribution in [0.25, 0.3) is 11.3 Å². The van der Waals surface area contributed by atoms with Gasteiger partial charge in [0.15, 0.2) is 0 Å². The van der Waals surface area contributed by atoms with Crippen molar-refractivity contribution in [2.24, 2.45) is 0 Å². The van der Waals surface area contributed by atoms with E-state index in [-0.39, 0.29) is 5.69 Å². The summed E-state index contributed by atoms with van der Waals surface area (Å²) < 4.78 is 44.8. The molecule has 4 nitrogen and oxygen atoms in total. The minimum Gasteiger partial charge on any atom is -0.357 e. The van der Waals surface area contributed by atoms with Crippen LogP contribution in [0.1, 0.15) is 55.6 Å². The first-order chi connectivity index (χ1) is 16.5. The Morgan fingerprint density at radius 1 is 0.853 bits per heavy atom. The Kier molecular flexibility index (Phi) is 6.68. The average molecular weight is 485 g/mol. The van der Waals surface area contributed by atoms with Crippen molar-refractivity contribution in [3.8, 4) is 11.3 Å². The van der Waals surface area contributed by atoms with Gasteiger partial charge in [-0.25, -0.2) is 9.97 Å². The second-order valence-electron chi connectivity index (χ2n) is 8.89. The molecule has 0 bridgehead atoms. The van der Waals surface area contributed by atoms with Crippen molar-refractivity contribution in [2.75, 3.05) is 22.7 Å². The summed E-state index contributed by atoms with van der Waals surface area (Å²) in [7, 11) is 0. The molecule has 8 heteroatoms. The van der Waals surface area contributed by atoms with Crippen LogP contribution in [-0.2, 0) is 6.18 Å². The molecule has 1 saturated heterocycles. The summed E-state index contributed by atoms with van der Waals surface area (Å²) in [5.41, 5.74) is 0.793. The lowest BCUT2D eigenvalue weighted by Gasteiger charge is -2.28. The van der Waals surface area contributed by atoms with Crippen LogP contribution >= 0.6 is 11.9 Å². The van der Waals surface area contributed by atoms with E-state index in [1.807, 2.05) is 30.3 Å². The highest BCUT2D eigenvalue weighted by Gasteiger charge is 2.36. The quantitative estimate of drug-likeness (QED) is 0.366. The zero-order chi connectivity index (χ0) is 23.5. The van der Waals surface area contributed by atoms with Crippen LogP contribution in [-0.4, -0.2) is 23.1 Å². The third kappa shape index (κ3) is 5.02. The number of nitrogens with zero attached hydrogens (tertiary/aromatic N) is 3. The summed E-state index contributed by atoms with van der Waals surface area (Å²) in [6.07, 6.45) is 2.22. The van der Waals surface area contributed by atoms with E-state index in [0.717, 1.165) is 67.7 Å². The summed E-state index contributed by atoms with van der Waals surface area (Å²) in [6.45, 7) is 2.00. The van der Waals surface area contributed by atoms with Gasteiger partial charge in [-0.05, 0) is 67.9 Å². The first-order valence-corrected chi connectivity index (χ1v) is 12.6. The maximum absolute atomic E-state index is 13.9. The molecule has 1 saturated carbocycles. The van der Waals surface area contributed by atoms with Crippen molar-refractivity contribution in [1.82, 2.24) is 9.97 Å². The minimum atomic E-state index is -4.48. The predicted octanol–water partition coefficient (Wildman–Crippen LogP) is 7.54. The molecule has 0 unspecified atom stereocenters. The maximum Gasteiger partial charge on any atom is 0.418 e. The Morgan fingerprint density at radius 2 is 1.65 bits per heavy atom. The molecular formula is C26H27F3N4S. The predicted molar refractivity (Wildman–Crippen MR) is 131 cm³/mol. The van der Waals surface area contributed by atoms with Crippen molar-refractivity contribution in [1.29, 1.82) is 0 Å². The molecule has 34 heavy (non-hydrogen) atoms. The minimum absolute atomic E-state index is 0.0179. The van der Waals surface area contributed by atoms with Gasteiger partial charge in [-0.3, -0.25) is 0 Å². The van der Waals surface area contributed by atoms with Gasteiger partial charge in [0.25, 0.3) is 0 Å². The fourth-order valence-corrected chi connectivity index (χ4v) is 5.21. The number of aromatic nitrogens is 2. The molecule has 0 radical (unpaired) electrons. The van der Waals surface area contributed by atoms with Gasteiger partial charge >= 0.3 is 6.18 Å². The second kappa shape index (κ2) is 9.86. The summed E-state index contributed by atoms with van der Waals surface area (Å²) in [5.74, 6) is 1.61. The summed E-state index contributed by atoms with van der Waals surface area (Å²) in [4.78, 5) is 11.4. The second-order valence-corrected chi connectivity index (χ2v) is 9.72. The normalized spacial score (nSPS) is 16.9. The first kappa shape index (κ1) is 23.0. The molecule has 1 N–H and O–H groups in total. The van der Waals surface area contributed by atoms with Gasteiger partial charge in [0, 0.05) is 30.6 Å². The number of anilines is 2. The fraction of sp³-hybridized carbons (Fsp3) is 0.385. The Bertz CT molecular complexity index is 1140. The molecule has 1 aliphatic heterocycles. The molecule has 178 valence electrons. The molecular weight excluding hydrogens is 457 g/mol. The third-order valence-electron chi connectivity index (χ3n) is 6.61. The zero-order valence-electron chi connectivity index (χ0n) is 18.8. The van der Waals surface area contributed by atoms with Gasteiger partial charge in [-0.15, -0.1) is 0 Å². The lowest BCUT2D eigenvalue weighted by Crippen LogP contribution is -2.30. The molecule has 2 aliphatic rings. The topological polar surface area (TPSA) is 41.0 Å². The molecule has 2 aromatic heterocycles. The van der Waals surface area contributed by atoms with Crippen LogP contribution < -0.4 is 9.62 Å². The molecule has 3 heterocycles. The van der Waals surface area contributed by atoms with Crippen LogP contribution in [0, 0.1) is 0 Å². The van der Waals surface area contributed by atoms with Gasteiger partial charge in [0.2, 0.25) is 0 Å². The van der Waals surface area contributed by atoms with Crippen molar-refractivity contribution >= 4 is 23.6 Å². The van der Waals surface area contributed by atoms with Crippen molar-refractivity contribution < 1.29 is 13.2 Å². The van der Waals surface area contributed by atoms with E-state index in [4.69, 9.17) is 4.98 Å². The number of hydrogen-bond acceptors (Lipinski definition) is 5. The molecule has 1 aliphatic carbocycles. The monoisotopic (exact) mass is 484 g/mol. The summed E-state index contributed by atoms with van der Waals surface area (Å²) in [6, 6.07) is 15.7. The van der Waals surface area contributed by atoms with Crippen LogP contribution in [0.5, 0.6) is 0 Å². The van der Waals surface area contributed by atoms with E-state index in [1.165, 1.54) is 24.4 Å². The molecule has 2 fully saturated rings. The number of halogens is 3. The summed E-state index contributed by atoms with van der Waals surface area (Å²) >= 11 is 1.26. The zero-order valence-corrected chi connectivity index (χ0v) is 19.6. The highest BCUT2D eigenvalue weighted by Crippen LogP contribution is 2.44. The third-order valence-corrected chi connectivity index (χ3v) is 7.36. The van der Waals surface area contributed by atoms with E-state index < -0.39 is 11.7 Å². The Labute approximate surface area is 202 Å². The largest absolute Gasteiger partial charge is 0.418 e. The van der Waals surface area contributed by atoms with Crippen LogP contribution in [0.4, 0.5) is 24.8 Å². The highest BCUT2D eigenvalue weighted by molar-refractivity contribution is 8.00. The number of pyridine rings is 2. The number of nitrogens with one attached hydrogen (secondary N) is 1. The van der Waals surface area contributed by atoms with Gasteiger partial charge in [-0.2, -0.15) is 13.2 Å². The highest BCUT2D eigenvalue weighted by atomic mass is 32.2. The molecule has 0 amide bonds. The molecule has 0 atom stereocenters.